The lowest BCUT2D eigenvalue weighted by molar-refractivity contribution is 0.00578. The van der Waals surface area contributed by atoms with Gasteiger partial charge in [-0.3, -0.25) is 4.90 Å². The third-order valence-corrected chi connectivity index (χ3v) is 7.06. The first-order valence-electron chi connectivity index (χ1n) is 11.8. The van der Waals surface area contributed by atoms with Gasteiger partial charge < -0.3 is 18.9 Å². The van der Waals surface area contributed by atoms with Gasteiger partial charge in [0.05, 0.1) is 11.2 Å². The van der Waals surface area contributed by atoms with Crippen LogP contribution in [0, 0.1) is 26.2 Å². The van der Waals surface area contributed by atoms with Gasteiger partial charge >= 0.3 is 13.2 Å². The van der Waals surface area contributed by atoms with E-state index in [0.717, 1.165) is 41.8 Å². The van der Waals surface area contributed by atoms with E-state index in [0.29, 0.717) is 13.1 Å². The van der Waals surface area contributed by atoms with Crippen LogP contribution in [0.1, 0.15) is 70.7 Å². The van der Waals surface area contributed by atoms with E-state index in [2.05, 4.69) is 51.5 Å². The molecule has 3 rings (SSSR count). The molecule has 180 valence electrons. The van der Waals surface area contributed by atoms with Crippen LogP contribution in [0.4, 0.5) is 4.79 Å². The Balaban J connectivity index is 1.78. The second-order valence-corrected chi connectivity index (χ2v) is 11.2. The highest BCUT2D eigenvalue weighted by molar-refractivity contribution is 6.62. The average Bonchev–Trinajstić information content (AvgIpc) is 2.90. The maximum Gasteiger partial charge on any atom is 0.495 e. The van der Waals surface area contributed by atoms with E-state index in [-0.39, 0.29) is 6.09 Å². The Hall–Kier alpha value is -2.01. The van der Waals surface area contributed by atoms with Gasteiger partial charge in [0.15, 0.2) is 0 Å². The molecule has 0 atom stereocenters. The van der Waals surface area contributed by atoms with E-state index in [1.54, 1.807) is 4.90 Å². The van der Waals surface area contributed by atoms with E-state index >= 15 is 0 Å². The van der Waals surface area contributed by atoms with Crippen LogP contribution in [-0.2, 0) is 20.6 Å². The third kappa shape index (κ3) is 5.40. The Morgan fingerprint density at radius 2 is 1.64 bits per heavy atom. The number of rotatable bonds is 3. The Kier molecular flexibility index (Phi) is 6.97. The summed E-state index contributed by atoms with van der Waals surface area (Å²) >= 11 is 0. The molecule has 0 spiro atoms. The summed E-state index contributed by atoms with van der Waals surface area (Å²) in [5.74, 6) is 2.89. The van der Waals surface area contributed by atoms with Crippen molar-refractivity contribution >= 4 is 18.7 Å². The first kappa shape index (κ1) is 25.6. The molecule has 0 aromatic heterocycles. The molecule has 0 bridgehead atoms. The maximum absolute atomic E-state index is 12.4. The zero-order chi connectivity index (χ0) is 24.8. The molecule has 0 N–H and O–H groups in total. The summed E-state index contributed by atoms with van der Waals surface area (Å²) in [5.41, 5.74) is 3.91. The number of hydrogen-bond donors (Lipinski definition) is 0. The standard InChI is InChI=1S/C26H39BN2O4/c1-11-21-18(2)20(16-22(19(21)3)27-32-25(7,8)26(9,10)33-27)17-28-12-14-29(15-13-28)23(30)31-24(4,5)6/h1,16H,12-15,17H2,2-10H3. The van der Waals surface area contributed by atoms with Gasteiger partial charge in [-0.25, -0.2) is 4.79 Å². The second-order valence-electron chi connectivity index (χ2n) is 11.2. The zero-order valence-corrected chi connectivity index (χ0v) is 21.8. The minimum atomic E-state index is -0.483. The molecule has 7 heteroatoms. The molecule has 1 amide bonds. The van der Waals surface area contributed by atoms with E-state index < -0.39 is 23.9 Å². The number of terminal acetylenes is 1. The summed E-state index contributed by atoms with van der Waals surface area (Å²) in [7, 11) is -0.453. The van der Waals surface area contributed by atoms with Crippen molar-refractivity contribution in [3.05, 3.63) is 28.3 Å². The summed E-state index contributed by atoms with van der Waals surface area (Å²) in [6.07, 6.45) is 5.68. The topological polar surface area (TPSA) is 51.2 Å². The van der Waals surface area contributed by atoms with Gasteiger partial charge in [0.2, 0.25) is 0 Å². The van der Waals surface area contributed by atoms with Gasteiger partial charge in [0, 0.05) is 38.3 Å². The normalized spacial score (nSPS) is 20.6. The van der Waals surface area contributed by atoms with Crippen molar-refractivity contribution in [3.8, 4) is 12.3 Å². The summed E-state index contributed by atoms with van der Waals surface area (Å²) in [5, 5.41) is 0. The number of ether oxygens (including phenoxy) is 1. The number of nitrogens with zero attached hydrogens (tertiary/aromatic N) is 2. The molecule has 2 aliphatic rings. The fourth-order valence-corrected chi connectivity index (χ4v) is 4.24. The molecular weight excluding hydrogens is 415 g/mol. The molecule has 2 aliphatic heterocycles. The molecule has 1 aromatic rings. The van der Waals surface area contributed by atoms with Crippen molar-refractivity contribution in [2.45, 2.75) is 85.7 Å². The van der Waals surface area contributed by atoms with Gasteiger partial charge in [-0.05, 0) is 84.5 Å². The number of carbonyl (C=O) groups is 1. The zero-order valence-electron chi connectivity index (χ0n) is 21.8. The lowest BCUT2D eigenvalue weighted by Gasteiger charge is -2.36. The van der Waals surface area contributed by atoms with E-state index in [4.69, 9.17) is 20.5 Å². The fraction of sp³-hybridized carbons (Fsp3) is 0.654. The number of carbonyl (C=O) groups excluding carboxylic acids is 1. The molecule has 6 nitrogen and oxygen atoms in total. The molecule has 33 heavy (non-hydrogen) atoms. The van der Waals surface area contributed by atoms with Crippen molar-refractivity contribution in [3.63, 3.8) is 0 Å². The number of piperazine rings is 1. The monoisotopic (exact) mass is 454 g/mol. The molecule has 2 saturated heterocycles. The van der Waals surface area contributed by atoms with Gasteiger partial charge in [-0.2, -0.15) is 0 Å². The molecular formula is C26H39BN2O4. The summed E-state index contributed by atoms with van der Waals surface area (Å²) in [6.45, 7) is 21.7. The Morgan fingerprint density at radius 3 is 2.12 bits per heavy atom. The first-order chi connectivity index (χ1) is 15.1. The highest BCUT2D eigenvalue weighted by atomic mass is 16.7. The largest absolute Gasteiger partial charge is 0.495 e. The van der Waals surface area contributed by atoms with Crippen LogP contribution < -0.4 is 5.46 Å². The van der Waals surface area contributed by atoms with Gasteiger partial charge in [-0.15, -0.1) is 6.42 Å². The van der Waals surface area contributed by atoms with Crippen LogP contribution in [0.25, 0.3) is 0 Å². The molecule has 0 aliphatic carbocycles. The Morgan fingerprint density at radius 1 is 1.09 bits per heavy atom. The third-order valence-electron chi connectivity index (χ3n) is 7.06. The van der Waals surface area contributed by atoms with Crippen LogP contribution in [0.5, 0.6) is 0 Å². The van der Waals surface area contributed by atoms with Crippen LogP contribution in [0.15, 0.2) is 6.07 Å². The minimum Gasteiger partial charge on any atom is -0.444 e. The Bertz CT molecular complexity index is 935. The molecule has 2 heterocycles. The predicted octanol–water partition coefficient (Wildman–Crippen LogP) is 3.64. The van der Waals surface area contributed by atoms with Crippen molar-refractivity contribution in [1.29, 1.82) is 0 Å². The van der Waals surface area contributed by atoms with Gasteiger partial charge in [0.25, 0.3) is 0 Å². The average molecular weight is 454 g/mol. The van der Waals surface area contributed by atoms with Gasteiger partial charge in [-0.1, -0.05) is 12.0 Å². The SMILES string of the molecule is C#Cc1c(C)c(CN2CCN(C(=O)OC(C)(C)C)CC2)cc(B2OC(C)(C)C(C)(C)O2)c1C. The lowest BCUT2D eigenvalue weighted by atomic mass is 9.73. The molecule has 0 saturated carbocycles. The minimum absolute atomic E-state index is 0.244. The summed E-state index contributed by atoms with van der Waals surface area (Å²) in [6, 6.07) is 2.19. The Labute approximate surface area is 200 Å². The second kappa shape index (κ2) is 8.98. The highest BCUT2D eigenvalue weighted by Gasteiger charge is 2.52. The molecule has 0 radical (unpaired) electrons. The number of amides is 1. The van der Waals surface area contributed by atoms with Gasteiger partial charge in [0.1, 0.15) is 5.60 Å². The fourth-order valence-electron chi connectivity index (χ4n) is 4.24. The van der Waals surface area contributed by atoms with E-state index in [9.17, 15) is 4.79 Å². The smallest absolute Gasteiger partial charge is 0.444 e. The van der Waals surface area contributed by atoms with Crippen molar-refractivity contribution in [1.82, 2.24) is 9.80 Å². The van der Waals surface area contributed by atoms with E-state index in [1.165, 1.54) is 5.56 Å². The molecule has 2 fully saturated rings. The van der Waals surface area contributed by atoms with Crippen LogP contribution in [-0.4, -0.2) is 66.0 Å². The van der Waals surface area contributed by atoms with Crippen molar-refractivity contribution in [2.24, 2.45) is 0 Å². The predicted molar refractivity (Wildman–Crippen MR) is 133 cm³/mol. The van der Waals surface area contributed by atoms with Crippen LogP contribution in [0.2, 0.25) is 0 Å². The summed E-state index contributed by atoms with van der Waals surface area (Å²) < 4.78 is 18.2. The van der Waals surface area contributed by atoms with Crippen molar-refractivity contribution < 1.29 is 18.8 Å². The lowest BCUT2D eigenvalue weighted by Crippen LogP contribution is -2.49. The molecule has 0 unspecified atom stereocenters. The molecule has 1 aromatic carbocycles. The van der Waals surface area contributed by atoms with E-state index in [1.807, 2.05) is 27.7 Å². The van der Waals surface area contributed by atoms with Crippen molar-refractivity contribution in [2.75, 3.05) is 26.2 Å². The first-order valence-corrected chi connectivity index (χ1v) is 11.8. The quantitative estimate of drug-likeness (QED) is 0.516. The van der Waals surface area contributed by atoms with Crippen LogP contribution in [0.3, 0.4) is 0 Å². The number of hydrogen-bond acceptors (Lipinski definition) is 5. The summed E-state index contributed by atoms with van der Waals surface area (Å²) in [4.78, 5) is 16.5. The highest BCUT2D eigenvalue weighted by Crippen LogP contribution is 2.37. The van der Waals surface area contributed by atoms with Crippen LogP contribution >= 0.6 is 0 Å². The number of benzene rings is 1. The maximum atomic E-state index is 12.4.